The highest BCUT2D eigenvalue weighted by atomic mass is 35.7. The van der Waals surface area contributed by atoms with Gasteiger partial charge in [-0.1, -0.05) is 12.8 Å². The Bertz CT molecular complexity index is 601. The molecule has 0 fully saturated rings. The number of hydrogen-bond donors (Lipinski definition) is 1. The quantitative estimate of drug-likeness (QED) is 0.613. The number of aromatic nitrogens is 2. The second-order valence-electron chi connectivity index (χ2n) is 3.79. The predicted molar refractivity (Wildman–Crippen MR) is 71.1 cm³/mol. The lowest BCUT2D eigenvalue weighted by molar-refractivity contribution is -0.121. The second-order valence-corrected chi connectivity index (χ2v) is 6.30. The topological polar surface area (TPSA) is 81.1 Å². The number of amides is 1. The number of imidazole rings is 1. The van der Waals surface area contributed by atoms with Gasteiger partial charge in [-0.2, -0.15) is 0 Å². The number of carbonyl (C=O) groups is 1. The van der Waals surface area contributed by atoms with Crippen LogP contribution in [0.25, 0.3) is 0 Å². The Balaban J connectivity index is 2.95. The van der Waals surface area contributed by atoms with Crippen molar-refractivity contribution in [2.45, 2.75) is 31.3 Å². The van der Waals surface area contributed by atoms with Gasteiger partial charge in [0, 0.05) is 23.3 Å². The number of halogens is 1. The van der Waals surface area contributed by atoms with E-state index in [1.807, 2.05) is 6.92 Å². The lowest BCUT2D eigenvalue weighted by Crippen LogP contribution is -2.28. The summed E-state index contributed by atoms with van der Waals surface area (Å²) < 4.78 is 23.9. The van der Waals surface area contributed by atoms with E-state index in [9.17, 15) is 13.2 Å². The second kappa shape index (κ2) is 6.59. The molecule has 0 unspecified atom stereocenters. The minimum atomic E-state index is -3.90. The lowest BCUT2D eigenvalue weighted by Gasteiger charge is -2.06. The molecule has 0 bridgehead atoms. The van der Waals surface area contributed by atoms with Crippen molar-refractivity contribution in [1.82, 2.24) is 14.9 Å². The van der Waals surface area contributed by atoms with Gasteiger partial charge >= 0.3 is 0 Å². The van der Waals surface area contributed by atoms with Crippen LogP contribution in [0.3, 0.4) is 0 Å². The molecule has 0 saturated carbocycles. The SMILES string of the molecule is C#CCNC(=O)Cn1cc(S(=O)(=O)Cl)nc1CCC. The van der Waals surface area contributed by atoms with Crippen molar-refractivity contribution < 1.29 is 13.2 Å². The molecular formula is C11H14ClN3O3S. The van der Waals surface area contributed by atoms with E-state index >= 15 is 0 Å². The molecule has 8 heteroatoms. The Labute approximate surface area is 116 Å². The van der Waals surface area contributed by atoms with Gasteiger partial charge in [-0.3, -0.25) is 4.79 Å². The molecule has 0 aliphatic rings. The molecule has 0 atom stereocenters. The number of terminal acetylenes is 1. The largest absolute Gasteiger partial charge is 0.344 e. The smallest absolute Gasteiger partial charge is 0.280 e. The highest BCUT2D eigenvalue weighted by molar-refractivity contribution is 8.13. The summed E-state index contributed by atoms with van der Waals surface area (Å²) in [6.45, 7) is 2.00. The monoisotopic (exact) mass is 303 g/mol. The first-order valence-corrected chi connectivity index (χ1v) is 7.90. The summed E-state index contributed by atoms with van der Waals surface area (Å²) in [7, 11) is 1.33. The molecule has 0 aliphatic carbocycles. The summed E-state index contributed by atoms with van der Waals surface area (Å²) in [5.74, 6) is 2.46. The molecule has 0 aromatic carbocycles. The zero-order chi connectivity index (χ0) is 14.5. The van der Waals surface area contributed by atoms with Crippen LogP contribution in [0.2, 0.25) is 0 Å². The summed E-state index contributed by atoms with van der Waals surface area (Å²) in [6, 6.07) is 0. The lowest BCUT2D eigenvalue weighted by atomic mass is 10.3. The number of nitrogens with one attached hydrogen (secondary N) is 1. The Hall–Kier alpha value is -1.52. The van der Waals surface area contributed by atoms with Gasteiger partial charge in [0.15, 0.2) is 5.03 Å². The number of hydrogen-bond acceptors (Lipinski definition) is 4. The van der Waals surface area contributed by atoms with Crippen LogP contribution in [0.4, 0.5) is 0 Å². The number of nitrogens with zero attached hydrogens (tertiary/aromatic N) is 2. The van der Waals surface area contributed by atoms with Crippen LogP contribution < -0.4 is 5.32 Å². The molecule has 6 nitrogen and oxygen atoms in total. The summed E-state index contributed by atoms with van der Waals surface area (Å²) in [4.78, 5) is 15.5. The van der Waals surface area contributed by atoms with Crippen molar-refractivity contribution >= 4 is 25.6 Å². The average molecular weight is 304 g/mol. The van der Waals surface area contributed by atoms with Crippen LogP contribution in [-0.4, -0.2) is 30.4 Å². The van der Waals surface area contributed by atoms with Crippen LogP contribution in [0.1, 0.15) is 19.2 Å². The van der Waals surface area contributed by atoms with Crippen LogP contribution in [0.5, 0.6) is 0 Å². The summed E-state index contributed by atoms with van der Waals surface area (Å²) in [5.41, 5.74) is 0. The maximum atomic E-state index is 11.5. The van der Waals surface area contributed by atoms with Crippen molar-refractivity contribution in [3.63, 3.8) is 0 Å². The molecule has 1 rings (SSSR count). The molecule has 1 amide bonds. The fraction of sp³-hybridized carbons (Fsp3) is 0.455. The molecule has 0 saturated heterocycles. The normalized spacial score (nSPS) is 11.0. The van der Waals surface area contributed by atoms with E-state index < -0.39 is 9.05 Å². The Morgan fingerprint density at radius 1 is 1.63 bits per heavy atom. The summed E-state index contributed by atoms with van der Waals surface area (Å²) in [5, 5.41) is 2.24. The van der Waals surface area contributed by atoms with Gasteiger partial charge < -0.3 is 9.88 Å². The molecular weight excluding hydrogens is 290 g/mol. The summed E-state index contributed by atoms with van der Waals surface area (Å²) >= 11 is 0. The van der Waals surface area contributed by atoms with Gasteiger partial charge in [0.05, 0.1) is 6.54 Å². The fourth-order valence-electron chi connectivity index (χ4n) is 1.47. The van der Waals surface area contributed by atoms with E-state index in [0.29, 0.717) is 12.2 Å². The first kappa shape index (κ1) is 15.5. The number of carbonyl (C=O) groups excluding carboxylic acids is 1. The van der Waals surface area contributed by atoms with Crippen molar-refractivity contribution in [1.29, 1.82) is 0 Å². The zero-order valence-corrected chi connectivity index (χ0v) is 12.0. The number of aryl methyl sites for hydroxylation is 1. The van der Waals surface area contributed by atoms with Crippen molar-refractivity contribution in [3.05, 3.63) is 12.0 Å². The molecule has 19 heavy (non-hydrogen) atoms. The third kappa shape index (κ3) is 4.58. The third-order valence-electron chi connectivity index (χ3n) is 2.26. The van der Waals surface area contributed by atoms with Gasteiger partial charge in [-0.15, -0.1) is 6.42 Å². The van der Waals surface area contributed by atoms with Crippen molar-refractivity contribution in [2.24, 2.45) is 0 Å². The molecule has 1 N–H and O–H groups in total. The standard InChI is InChI=1S/C11H14ClN3O3S/c1-3-5-9-14-11(19(12,17)18)8-15(9)7-10(16)13-6-4-2/h2,8H,3,5-7H2,1H3,(H,13,16). The van der Waals surface area contributed by atoms with Crippen LogP contribution in [-0.2, 0) is 26.8 Å². The molecule has 1 aromatic rings. The van der Waals surface area contributed by atoms with E-state index in [2.05, 4.69) is 16.2 Å². The minimum absolute atomic E-state index is 0.0452. The number of rotatable bonds is 6. The molecule has 0 spiro atoms. The van der Waals surface area contributed by atoms with E-state index in [-0.39, 0.29) is 24.0 Å². The van der Waals surface area contributed by atoms with Crippen LogP contribution in [0.15, 0.2) is 11.2 Å². The van der Waals surface area contributed by atoms with Crippen LogP contribution >= 0.6 is 10.7 Å². The average Bonchev–Trinajstić information content (AvgIpc) is 2.70. The van der Waals surface area contributed by atoms with Crippen molar-refractivity contribution in [2.75, 3.05) is 6.54 Å². The van der Waals surface area contributed by atoms with E-state index in [4.69, 9.17) is 17.1 Å². The molecule has 1 heterocycles. The Morgan fingerprint density at radius 2 is 2.32 bits per heavy atom. The maximum absolute atomic E-state index is 11.5. The summed E-state index contributed by atoms with van der Waals surface area (Å²) in [6.07, 6.45) is 7.60. The first-order chi connectivity index (χ1) is 8.88. The van der Waals surface area contributed by atoms with E-state index in [0.717, 1.165) is 6.42 Å². The first-order valence-electron chi connectivity index (χ1n) is 5.59. The van der Waals surface area contributed by atoms with Crippen LogP contribution in [0, 0.1) is 12.3 Å². The van der Waals surface area contributed by atoms with Gasteiger partial charge in [-0.05, 0) is 6.42 Å². The van der Waals surface area contributed by atoms with Crippen molar-refractivity contribution in [3.8, 4) is 12.3 Å². The third-order valence-corrected chi connectivity index (χ3v) is 3.43. The van der Waals surface area contributed by atoms with Gasteiger partial charge in [0.2, 0.25) is 5.91 Å². The Kier molecular flexibility index (Phi) is 5.39. The fourth-order valence-corrected chi connectivity index (χ4v) is 2.16. The maximum Gasteiger partial charge on any atom is 0.280 e. The van der Waals surface area contributed by atoms with E-state index in [1.54, 1.807) is 0 Å². The highest BCUT2D eigenvalue weighted by Gasteiger charge is 2.18. The molecule has 0 aliphatic heterocycles. The predicted octanol–water partition coefficient (Wildman–Crippen LogP) is 0.512. The Morgan fingerprint density at radius 3 is 2.84 bits per heavy atom. The molecule has 1 aromatic heterocycles. The van der Waals surface area contributed by atoms with Gasteiger partial charge in [-0.25, -0.2) is 13.4 Å². The highest BCUT2D eigenvalue weighted by Crippen LogP contribution is 2.15. The van der Waals surface area contributed by atoms with E-state index in [1.165, 1.54) is 10.8 Å². The minimum Gasteiger partial charge on any atom is -0.344 e. The molecule has 0 radical (unpaired) electrons. The van der Waals surface area contributed by atoms with Gasteiger partial charge in [0.1, 0.15) is 12.4 Å². The zero-order valence-electron chi connectivity index (χ0n) is 10.4. The van der Waals surface area contributed by atoms with Gasteiger partial charge in [0.25, 0.3) is 9.05 Å². The molecule has 104 valence electrons.